The van der Waals surface area contributed by atoms with Crippen molar-refractivity contribution in [1.29, 1.82) is 0 Å². The summed E-state index contributed by atoms with van der Waals surface area (Å²) in [7, 11) is 1.13. The van der Waals surface area contributed by atoms with Gasteiger partial charge in [-0.2, -0.15) is 5.10 Å². The zero-order valence-corrected chi connectivity index (χ0v) is 16.6. The van der Waals surface area contributed by atoms with Gasteiger partial charge in [0.1, 0.15) is 0 Å². The molecule has 0 aliphatic heterocycles. The Kier molecular flexibility index (Phi) is 4.75. The number of hydrogen-bond donors (Lipinski definition) is 1. The maximum atomic E-state index is 12.6. The molecule has 142 valence electrons. The predicted octanol–water partition coefficient (Wildman–Crippen LogP) is 2.09. The number of nitrogens with zero attached hydrogens (tertiary/aromatic N) is 4. The Hall–Kier alpha value is -2.78. The van der Waals surface area contributed by atoms with Crippen LogP contribution in [0.1, 0.15) is 21.6 Å². The van der Waals surface area contributed by atoms with Crippen LogP contribution in [-0.4, -0.2) is 47.5 Å². The summed E-state index contributed by atoms with van der Waals surface area (Å²) in [6, 6.07) is 6.53. The summed E-state index contributed by atoms with van der Waals surface area (Å²) in [6.07, 6.45) is 1.48. The Labute approximate surface area is 157 Å². The fourth-order valence-electron chi connectivity index (χ4n) is 2.79. The topological polar surface area (TPSA) is 97.2 Å². The van der Waals surface area contributed by atoms with Crippen molar-refractivity contribution >= 4 is 32.7 Å². The first kappa shape index (κ1) is 19.0. The molecule has 3 aromatic rings. The van der Waals surface area contributed by atoms with Gasteiger partial charge in [0, 0.05) is 38.4 Å². The molecule has 2 heterocycles. The summed E-state index contributed by atoms with van der Waals surface area (Å²) in [5.41, 5.74) is 2.85. The molecule has 0 spiro atoms. The maximum Gasteiger partial charge on any atom is 0.257 e. The molecule has 1 N–H and O–H groups in total. The summed E-state index contributed by atoms with van der Waals surface area (Å²) in [6.45, 7) is 3.56. The van der Waals surface area contributed by atoms with E-state index >= 15 is 0 Å². The van der Waals surface area contributed by atoms with E-state index in [1.54, 1.807) is 36.9 Å². The van der Waals surface area contributed by atoms with Crippen molar-refractivity contribution in [1.82, 2.24) is 19.1 Å². The molecule has 0 unspecified atom stereocenters. The number of benzene rings is 1. The largest absolute Gasteiger partial charge is 0.322 e. The molecule has 0 saturated heterocycles. The highest BCUT2D eigenvalue weighted by Crippen LogP contribution is 2.23. The molecule has 2 aromatic heterocycles. The molecule has 0 aliphatic rings. The molecule has 1 aromatic carbocycles. The smallest absolute Gasteiger partial charge is 0.257 e. The second kappa shape index (κ2) is 6.75. The summed E-state index contributed by atoms with van der Waals surface area (Å²) in [5, 5.41) is 7.83. The average molecular weight is 387 g/mol. The number of carbonyl (C=O) groups excluding carboxylic acids is 1. The van der Waals surface area contributed by atoms with E-state index in [0.29, 0.717) is 22.5 Å². The van der Waals surface area contributed by atoms with E-state index in [1.807, 2.05) is 6.92 Å². The second-order valence-electron chi connectivity index (χ2n) is 6.53. The van der Waals surface area contributed by atoms with Crippen molar-refractivity contribution in [2.75, 3.05) is 19.4 Å². The van der Waals surface area contributed by atoms with Crippen LogP contribution < -0.4 is 5.32 Å². The zero-order chi connectivity index (χ0) is 19.9. The SMILES string of the molecule is Cc1ccc(NC(=O)c2cnc3c(c2)c(C)nn3C)cc1S(=O)(=O)N(C)C. The molecule has 0 saturated carbocycles. The highest BCUT2D eigenvalue weighted by Gasteiger charge is 2.21. The van der Waals surface area contributed by atoms with E-state index in [1.165, 1.54) is 26.4 Å². The third-order valence-electron chi connectivity index (χ3n) is 4.33. The van der Waals surface area contributed by atoms with Gasteiger partial charge in [-0.1, -0.05) is 6.07 Å². The minimum atomic E-state index is -3.60. The molecule has 0 aliphatic carbocycles. The van der Waals surface area contributed by atoms with Crippen molar-refractivity contribution in [2.24, 2.45) is 7.05 Å². The zero-order valence-electron chi connectivity index (χ0n) is 15.8. The lowest BCUT2D eigenvalue weighted by atomic mass is 10.2. The number of amides is 1. The molecule has 27 heavy (non-hydrogen) atoms. The first-order valence-corrected chi connectivity index (χ1v) is 9.69. The lowest BCUT2D eigenvalue weighted by molar-refractivity contribution is 0.102. The summed E-state index contributed by atoms with van der Waals surface area (Å²) >= 11 is 0. The number of rotatable bonds is 4. The summed E-state index contributed by atoms with van der Waals surface area (Å²) < 4.78 is 27.7. The fraction of sp³-hybridized carbons (Fsp3) is 0.278. The minimum absolute atomic E-state index is 0.155. The van der Waals surface area contributed by atoms with Gasteiger partial charge in [0.15, 0.2) is 5.65 Å². The van der Waals surface area contributed by atoms with Crippen LogP contribution in [0, 0.1) is 13.8 Å². The second-order valence-corrected chi connectivity index (χ2v) is 8.65. The van der Waals surface area contributed by atoms with Crippen molar-refractivity contribution in [3.8, 4) is 0 Å². The molecule has 8 nitrogen and oxygen atoms in total. The Morgan fingerprint density at radius 3 is 2.56 bits per heavy atom. The quantitative estimate of drug-likeness (QED) is 0.739. The highest BCUT2D eigenvalue weighted by molar-refractivity contribution is 7.89. The average Bonchev–Trinajstić information content (AvgIpc) is 2.90. The number of fused-ring (bicyclic) bond motifs is 1. The predicted molar refractivity (Wildman–Crippen MR) is 103 cm³/mol. The molecule has 3 rings (SSSR count). The maximum absolute atomic E-state index is 12.6. The fourth-order valence-corrected chi connectivity index (χ4v) is 3.93. The van der Waals surface area contributed by atoms with Crippen LogP contribution in [0.4, 0.5) is 5.69 Å². The van der Waals surface area contributed by atoms with Gasteiger partial charge in [-0.3, -0.25) is 9.48 Å². The molecular formula is C18H21N5O3S. The van der Waals surface area contributed by atoms with Crippen molar-refractivity contribution in [3.05, 3.63) is 47.3 Å². The molecule has 0 fully saturated rings. The van der Waals surface area contributed by atoms with Gasteiger partial charge >= 0.3 is 0 Å². The van der Waals surface area contributed by atoms with Gasteiger partial charge in [-0.25, -0.2) is 17.7 Å². The van der Waals surface area contributed by atoms with E-state index in [9.17, 15) is 13.2 Å². The van der Waals surface area contributed by atoms with Gasteiger partial charge in [-0.15, -0.1) is 0 Å². The van der Waals surface area contributed by atoms with Crippen molar-refractivity contribution in [2.45, 2.75) is 18.7 Å². The first-order chi connectivity index (χ1) is 12.6. The number of hydrogen-bond acceptors (Lipinski definition) is 5. The van der Waals surface area contributed by atoms with Crippen LogP contribution in [-0.2, 0) is 17.1 Å². The lowest BCUT2D eigenvalue weighted by Gasteiger charge is -2.15. The van der Waals surface area contributed by atoms with Gasteiger partial charge < -0.3 is 5.32 Å². The number of pyridine rings is 1. The third kappa shape index (κ3) is 3.43. The molecule has 0 bridgehead atoms. The van der Waals surface area contributed by atoms with Crippen molar-refractivity contribution in [3.63, 3.8) is 0 Å². The van der Waals surface area contributed by atoms with Gasteiger partial charge in [0.25, 0.3) is 5.91 Å². The number of aromatic nitrogens is 3. The van der Waals surface area contributed by atoms with Crippen molar-refractivity contribution < 1.29 is 13.2 Å². The standard InChI is InChI=1S/C18H21N5O3S/c1-11-6-7-14(9-16(11)27(25,26)22(3)4)20-18(24)13-8-15-12(2)21-23(5)17(15)19-10-13/h6-10H,1-5H3,(H,20,24). The summed E-state index contributed by atoms with van der Waals surface area (Å²) in [5.74, 6) is -0.371. The first-order valence-electron chi connectivity index (χ1n) is 8.25. The van der Waals surface area contributed by atoms with Crippen LogP contribution in [0.2, 0.25) is 0 Å². The van der Waals surface area contributed by atoms with Gasteiger partial charge in [-0.05, 0) is 37.6 Å². The van der Waals surface area contributed by atoms with Crippen LogP contribution >= 0.6 is 0 Å². The number of aryl methyl sites for hydroxylation is 3. The van der Waals surface area contributed by atoms with E-state index in [0.717, 1.165) is 15.4 Å². The number of anilines is 1. The van der Waals surface area contributed by atoms with Crippen LogP contribution in [0.15, 0.2) is 35.4 Å². The minimum Gasteiger partial charge on any atom is -0.322 e. The molecule has 1 amide bonds. The highest BCUT2D eigenvalue weighted by atomic mass is 32.2. The molecule has 9 heteroatoms. The summed E-state index contributed by atoms with van der Waals surface area (Å²) in [4.78, 5) is 17.1. The number of carbonyl (C=O) groups is 1. The normalized spacial score (nSPS) is 11.9. The van der Waals surface area contributed by atoms with E-state index < -0.39 is 10.0 Å². The Bertz CT molecular complexity index is 1150. The molecular weight excluding hydrogens is 366 g/mol. The van der Waals surface area contributed by atoms with E-state index in [-0.39, 0.29) is 10.8 Å². The van der Waals surface area contributed by atoms with E-state index in [4.69, 9.17) is 0 Å². The Balaban J connectivity index is 1.94. The third-order valence-corrected chi connectivity index (χ3v) is 6.29. The molecule has 0 radical (unpaired) electrons. The van der Waals surface area contributed by atoms with Gasteiger partial charge in [0.2, 0.25) is 10.0 Å². The Morgan fingerprint density at radius 1 is 1.19 bits per heavy atom. The monoisotopic (exact) mass is 387 g/mol. The lowest BCUT2D eigenvalue weighted by Crippen LogP contribution is -2.23. The van der Waals surface area contributed by atoms with Crippen LogP contribution in [0.25, 0.3) is 11.0 Å². The van der Waals surface area contributed by atoms with E-state index in [2.05, 4.69) is 15.4 Å². The van der Waals surface area contributed by atoms with Crippen LogP contribution in [0.3, 0.4) is 0 Å². The van der Waals surface area contributed by atoms with Gasteiger partial charge in [0.05, 0.1) is 16.2 Å². The number of nitrogens with one attached hydrogen (secondary N) is 1. The van der Waals surface area contributed by atoms with Crippen LogP contribution in [0.5, 0.6) is 0 Å². The molecule has 0 atom stereocenters. The number of sulfonamides is 1. The Morgan fingerprint density at radius 2 is 1.89 bits per heavy atom.